The second kappa shape index (κ2) is 8.82. The zero-order valence-electron chi connectivity index (χ0n) is 16.4. The number of ether oxygens (including phenoxy) is 1. The summed E-state index contributed by atoms with van der Waals surface area (Å²) in [5.41, 5.74) is 0.431. The van der Waals surface area contributed by atoms with Crippen molar-refractivity contribution in [3.05, 3.63) is 59.3 Å². The predicted molar refractivity (Wildman–Crippen MR) is 103 cm³/mol. The first-order chi connectivity index (χ1) is 13.8. The van der Waals surface area contributed by atoms with Crippen LogP contribution in [0.4, 0.5) is 13.2 Å². The Morgan fingerprint density at radius 3 is 2.62 bits per heavy atom. The van der Waals surface area contributed by atoms with Crippen LogP contribution in [-0.2, 0) is 12.7 Å². The molecule has 29 heavy (non-hydrogen) atoms. The highest BCUT2D eigenvalue weighted by Gasteiger charge is 2.31. The third kappa shape index (κ3) is 5.06. The molecule has 1 aliphatic rings. The molecule has 1 amide bonds. The zero-order valence-corrected chi connectivity index (χ0v) is 16.4. The molecule has 156 valence electrons. The number of hydrogen-bond acceptors (Lipinski definition) is 4. The van der Waals surface area contributed by atoms with Crippen LogP contribution in [0.1, 0.15) is 34.3 Å². The van der Waals surface area contributed by atoms with E-state index >= 15 is 0 Å². The molecule has 0 aliphatic carbocycles. The van der Waals surface area contributed by atoms with E-state index in [2.05, 4.69) is 9.88 Å². The molecule has 0 unspecified atom stereocenters. The van der Waals surface area contributed by atoms with E-state index in [4.69, 9.17) is 4.74 Å². The van der Waals surface area contributed by atoms with E-state index in [0.717, 1.165) is 18.9 Å². The van der Waals surface area contributed by atoms with Crippen molar-refractivity contribution in [2.24, 2.45) is 0 Å². The maximum absolute atomic E-state index is 12.9. The molecular weight excluding hydrogens is 383 g/mol. The van der Waals surface area contributed by atoms with Gasteiger partial charge in [0.25, 0.3) is 5.91 Å². The third-order valence-electron chi connectivity index (χ3n) is 5.26. The number of piperidine rings is 1. The Bertz CT molecular complexity index is 849. The fraction of sp³-hybridized carbons (Fsp3) is 0.429. The standard InChI is InChI=1S/C21H24F3N3O2/c1-26(14-15-5-3-6-16(13-15)21(22,23)24)17-8-11-27(12-9-17)20(28)18-7-4-10-25-19(18)29-2/h3-7,10,13,17H,8-9,11-12,14H2,1-2H3. The Morgan fingerprint density at radius 1 is 1.24 bits per heavy atom. The molecule has 1 saturated heterocycles. The van der Waals surface area contributed by atoms with E-state index in [9.17, 15) is 18.0 Å². The van der Waals surface area contributed by atoms with Crippen LogP contribution >= 0.6 is 0 Å². The van der Waals surface area contributed by atoms with Gasteiger partial charge >= 0.3 is 6.18 Å². The van der Waals surface area contributed by atoms with E-state index in [1.54, 1.807) is 29.3 Å². The number of halogens is 3. The van der Waals surface area contributed by atoms with Crippen molar-refractivity contribution < 1.29 is 22.7 Å². The van der Waals surface area contributed by atoms with Gasteiger partial charge in [-0.1, -0.05) is 18.2 Å². The van der Waals surface area contributed by atoms with Gasteiger partial charge in [-0.2, -0.15) is 13.2 Å². The van der Waals surface area contributed by atoms with E-state index in [0.29, 0.717) is 36.6 Å². The van der Waals surface area contributed by atoms with E-state index in [1.807, 2.05) is 7.05 Å². The number of benzene rings is 1. The van der Waals surface area contributed by atoms with Crippen molar-refractivity contribution in [2.45, 2.75) is 31.6 Å². The summed E-state index contributed by atoms with van der Waals surface area (Å²) < 4.78 is 43.9. The summed E-state index contributed by atoms with van der Waals surface area (Å²) in [6.45, 7) is 1.59. The minimum absolute atomic E-state index is 0.117. The molecule has 1 aromatic heterocycles. The molecule has 1 aliphatic heterocycles. The van der Waals surface area contributed by atoms with Crippen LogP contribution in [0.3, 0.4) is 0 Å². The van der Waals surface area contributed by atoms with Gasteiger partial charge in [0.05, 0.1) is 12.7 Å². The molecular formula is C21H24F3N3O2. The second-order valence-corrected chi connectivity index (χ2v) is 7.20. The fourth-order valence-electron chi connectivity index (χ4n) is 3.66. The number of alkyl halides is 3. The summed E-state index contributed by atoms with van der Waals surface area (Å²) in [5.74, 6) is 0.190. The summed E-state index contributed by atoms with van der Waals surface area (Å²) in [6, 6.07) is 9.02. The lowest BCUT2D eigenvalue weighted by Gasteiger charge is -2.37. The molecule has 5 nitrogen and oxygen atoms in total. The van der Waals surface area contributed by atoms with E-state index in [-0.39, 0.29) is 11.9 Å². The Morgan fingerprint density at radius 2 is 1.97 bits per heavy atom. The predicted octanol–water partition coefficient (Wildman–Crippen LogP) is 3.85. The summed E-state index contributed by atoms with van der Waals surface area (Å²) in [6.07, 6.45) is -1.26. The minimum atomic E-state index is -4.34. The number of nitrogens with zero attached hydrogens (tertiary/aromatic N) is 3. The van der Waals surface area contributed by atoms with Gasteiger partial charge in [-0.25, -0.2) is 4.98 Å². The van der Waals surface area contributed by atoms with Gasteiger partial charge in [-0.3, -0.25) is 9.69 Å². The third-order valence-corrected chi connectivity index (χ3v) is 5.26. The molecule has 8 heteroatoms. The van der Waals surface area contributed by atoms with Gasteiger partial charge in [0.2, 0.25) is 5.88 Å². The molecule has 0 spiro atoms. The lowest BCUT2D eigenvalue weighted by molar-refractivity contribution is -0.137. The monoisotopic (exact) mass is 407 g/mol. The van der Waals surface area contributed by atoms with Crippen LogP contribution in [0, 0.1) is 0 Å². The summed E-state index contributed by atoms with van der Waals surface area (Å²) in [5, 5.41) is 0. The SMILES string of the molecule is COc1ncccc1C(=O)N1CCC(N(C)Cc2cccc(C(F)(F)F)c2)CC1. The first-order valence-corrected chi connectivity index (χ1v) is 9.44. The molecule has 0 saturated carbocycles. The van der Waals surface area contributed by atoms with Crippen LogP contribution in [-0.4, -0.2) is 54.0 Å². The molecule has 0 bridgehead atoms. The highest BCUT2D eigenvalue weighted by Crippen LogP contribution is 2.30. The molecule has 2 aromatic rings. The minimum Gasteiger partial charge on any atom is -0.480 e. The Labute approximate surface area is 168 Å². The van der Waals surface area contributed by atoms with Gasteiger partial charge < -0.3 is 9.64 Å². The number of carbonyl (C=O) groups excluding carboxylic acids is 1. The number of carbonyl (C=O) groups is 1. The summed E-state index contributed by atoms with van der Waals surface area (Å²) in [7, 11) is 3.39. The van der Waals surface area contributed by atoms with Gasteiger partial charge in [0.1, 0.15) is 5.56 Å². The van der Waals surface area contributed by atoms with Crippen LogP contribution in [0.25, 0.3) is 0 Å². The Balaban J connectivity index is 1.58. The molecule has 3 rings (SSSR count). The van der Waals surface area contributed by atoms with Crippen molar-refractivity contribution in [1.29, 1.82) is 0 Å². The van der Waals surface area contributed by atoms with Crippen molar-refractivity contribution in [3.8, 4) is 5.88 Å². The molecule has 2 heterocycles. The number of methoxy groups -OCH3 is 1. The molecule has 1 aromatic carbocycles. The molecule has 0 radical (unpaired) electrons. The summed E-state index contributed by atoms with van der Waals surface area (Å²) in [4.78, 5) is 20.7. The van der Waals surface area contributed by atoms with Gasteiger partial charge in [0, 0.05) is 31.9 Å². The zero-order chi connectivity index (χ0) is 21.0. The summed E-state index contributed by atoms with van der Waals surface area (Å²) >= 11 is 0. The average molecular weight is 407 g/mol. The topological polar surface area (TPSA) is 45.7 Å². The molecule has 1 fully saturated rings. The first kappa shape index (κ1) is 21.1. The van der Waals surface area contributed by atoms with E-state index in [1.165, 1.54) is 19.2 Å². The number of aromatic nitrogens is 1. The molecule has 0 N–H and O–H groups in total. The number of amides is 1. The fourth-order valence-corrected chi connectivity index (χ4v) is 3.66. The number of pyridine rings is 1. The van der Waals surface area contributed by atoms with E-state index < -0.39 is 11.7 Å². The maximum Gasteiger partial charge on any atom is 0.416 e. The van der Waals surface area contributed by atoms with Crippen LogP contribution in [0.15, 0.2) is 42.6 Å². The van der Waals surface area contributed by atoms with Crippen LogP contribution in [0.2, 0.25) is 0 Å². The Hall–Kier alpha value is -2.61. The quantitative estimate of drug-likeness (QED) is 0.756. The van der Waals surface area contributed by atoms with Gasteiger partial charge in [0.15, 0.2) is 0 Å². The van der Waals surface area contributed by atoms with Crippen LogP contribution < -0.4 is 4.74 Å². The van der Waals surface area contributed by atoms with Crippen molar-refractivity contribution in [2.75, 3.05) is 27.2 Å². The van der Waals surface area contributed by atoms with Crippen molar-refractivity contribution >= 4 is 5.91 Å². The smallest absolute Gasteiger partial charge is 0.416 e. The lowest BCUT2D eigenvalue weighted by Crippen LogP contribution is -2.45. The number of hydrogen-bond donors (Lipinski definition) is 0. The van der Waals surface area contributed by atoms with Crippen molar-refractivity contribution in [3.63, 3.8) is 0 Å². The molecule has 0 atom stereocenters. The normalized spacial score (nSPS) is 15.6. The highest BCUT2D eigenvalue weighted by molar-refractivity contribution is 5.96. The van der Waals surface area contributed by atoms with Crippen LogP contribution in [0.5, 0.6) is 5.88 Å². The van der Waals surface area contributed by atoms with Gasteiger partial charge in [-0.15, -0.1) is 0 Å². The van der Waals surface area contributed by atoms with Crippen molar-refractivity contribution in [1.82, 2.24) is 14.8 Å². The lowest BCUT2D eigenvalue weighted by atomic mass is 10.0. The van der Waals surface area contributed by atoms with Gasteiger partial charge in [-0.05, 0) is 43.7 Å². The first-order valence-electron chi connectivity index (χ1n) is 9.44. The maximum atomic E-state index is 12.9. The number of likely N-dealkylation sites (tertiary alicyclic amines) is 1. The Kier molecular flexibility index (Phi) is 6.42. The second-order valence-electron chi connectivity index (χ2n) is 7.20. The average Bonchev–Trinajstić information content (AvgIpc) is 2.73. The highest BCUT2D eigenvalue weighted by atomic mass is 19.4. The largest absolute Gasteiger partial charge is 0.480 e. The number of rotatable bonds is 5.